The van der Waals surface area contributed by atoms with Crippen molar-refractivity contribution in [3.63, 3.8) is 0 Å². The van der Waals surface area contributed by atoms with Crippen LogP contribution in [-0.4, -0.2) is 33.1 Å². The maximum Gasteiger partial charge on any atom is 0.369 e. The zero-order valence-corrected chi connectivity index (χ0v) is 14.3. The molecule has 0 atom stereocenters. The van der Waals surface area contributed by atoms with E-state index in [2.05, 4.69) is 0 Å². The number of carbonyl (C=O) groups excluding carboxylic acids is 3. The van der Waals surface area contributed by atoms with Crippen molar-refractivity contribution in [2.45, 2.75) is 0 Å². The van der Waals surface area contributed by atoms with Crippen molar-refractivity contribution in [1.29, 1.82) is 0 Å². The van der Waals surface area contributed by atoms with Gasteiger partial charge in [0, 0.05) is 5.56 Å². The third kappa shape index (κ3) is 2.95. The molecule has 0 bridgehead atoms. The summed E-state index contributed by atoms with van der Waals surface area (Å²) < 4.78 is 0. The fourth-order valence-corrected chi connectivity index (χ4v) is 2.86. The zero-order valence-electron chi connectivity index (χ0n) is 14.3. The summed E-state index contributed by atoms with van der Waals surface area (Å²) in [6, 6.07) is 16.1. The van der Waals surface area contributed by atoms with Crippen molar-refractivity contribution in [3.05, 3.63) is 77.4 Å². The van der Waals surface area contributed by atoms with Gasteiger partial charge in [-0.3, -0.25) is 9.59 Å². The molecule has 0 unspecified atom stereocenters. The number of carbonyl (C=O) groups is 3. The summed E-state index contributed by atoms with van der Waals surface area (Å²) in [6.45, 7) is 0. The molecular formula is C21H13NO6. The summed E-state index contributed by atoms with van der Waals surface area (Å²) >= 11 is 0. The van der Waals surface area contributed by atoms with E-state index >= 15 is 0 Å². The van der Waals surface area contributed by atoms with Crippen molar-refractivity contribution in [2.75, 3.05) is 0 Å². The molecule has 1 fully saturated rings. The number of nitrogens with zero attached hydrogens (tertiary/aromatic N) is 1. The van der Waals surface area contributed by atoms with Crippen LogP contribution in [0.1, 0.15) is 15.9 Å². The Morgan fingerprint density at radius 1 is 0.893 bits per heavy atom. The Kier molecular flexibility index (Phi) is 4.04. The van der Waals surface area contributed by atoms with Gasteiger partial charge in [-0.05, 0) is 46.7 Å². The van der Waals surface area contributed by atoms with Crippen LogP contribution in [0.5, 0.6) is 11.5 Å². The van der Waals surface area contributed by atoms with Crippen LogP contribution in [0.4, 0.5) is 0 Å². The molecule has 3 aromatic rings. The molecule has 7 nitrogen and oxygen atoms in total. The fourth-order valence-electron chi connectivity index (χ4n) is 2.86. The van der Waals surface area contributed by atoms with Crippen LogP contribution in [0.15, 0.2) is 66.2 Å². The van der Waals surface area contributed by atoms with Crippen LogP contribution in [0.2, 0.25) is 0 Å². The molecule has 7 heteroatoms. The number of phenolic OH excluding ortho intramolecular Hbond substituents is 2. The first-order valence-corrected chi connectivity index (χ1v) is 8.27. The topological polar surface area (TPSA) is 104 Å². The SMILES string of the molecule is O=C1ON(C(=O)c2ccc3ccccc3c2)C(=O)/C1=C/c1ccc(O)c(O)c1. The lowest BCUT2D eigenvalue weighted by molar-refractivity contribution is -0.167. The normalized spacial score (nSPS) is 15.3. The van der Waals surface area contributed by atoms with Gasteiger partial charge in [-0.1, -0.05) is 41.5 Å². The lowest BCUT2D eigenvalue weighted by atomic mass is 10.1. The van der Waals surface area contributed by atoms with Gasteiger partial charge in [0.1, 0.15) is 5.57 Å². The van der Waals surface area contributed by atoms with Gasteiger partial charge in [0.2, 0.25) is 0 Å². The van der Waals surface area contributed by atoms with Crippen molar-refractivity contribution in [3.8, 4) is 11.5 Å². The number of hydrogen-bond donors (Lipinski definition) is 2. The molecule has 0 aliphatic carbocycles. The fraction of sp³-hybridized carbons (Fsp3) is 0. The molecule has 138 valence electrons. The second kappa shape index (κ2) is 6.55. The van der Waals surface area contributed by atoms with Crippen LogP contribution in [0.3, 0.4) is 0 Å². The Morgan fingerprint density at radius 2 is 1.64 bits per heavy atom. The lowest BCUT2D eigenvalue weighted by Gasteiger charge is -2.11. The molecule has 1 aliphatic heterocycles. The second-order valence-electron chi connectivity index (χ2n) is 6.15. The maximum atomic E-state index is 12.7. The van der Waals surface area contributed by atoms with E-state index in [-0.39, 0.29) is 22.4 Å². The van der Waals surface area contributed by atoms with Crippen LogP contribution >= 0.6 is 0 Å². The summed E-state index contributed by atoms with van der Waals surface area (Å²) in [6.07, 6.45) is 1.18. The molecule has 1 heterocycles. The maximum absolute atomic E-state index is 12.7. The number of aromatic hydroxyl groups is 2. The summed E-state index contributed by atoms with van der Waals surface area (Å²) in [7, 11) is 0. The van der Waals surface area contributed by atoms with Crippen LogP contribution in [0, 0.1) is 0 Å². The number of amides is 2. The van der Waals surface area contributed by atoms with E-state index in [9.17, 15) is 24.6 Å². The average Bonchev–Trinajstić information content (AvgIpc) is 2.98. The minimum atomic E-state index is -0.980. The number of phenols is 2. The van der Waals surface area contributed by atoms with Gasteiger partial charge in [-0.2, -0.15) is 0 Å². The van der Waals surface area contributed by atoms with Gasteiger partial charge in [-0.15, -0.1) is 0 Å². The Bertz CT molecular complexity index is 1180. The van der Waals surface area contributed by atoms with E-state index in [0.29, 0.717) is 5.06 Å². The summed E-state index contributed by atoms with van der Waals surface area (Å²) in [4.78, 5) is 42.1. The van der Waals surface area contributed by atoms with Crippen LogP contribution in [-0.2, 0) is 14.4 Å². The van der Waals surface area contributed by atoms with Crippen molar-refractivity contribution in [1.82, 2.24) is 5.06 Å². The molecule has 1 saturated heterocycles. The number of fused-ring (bicyclic) bond motifs is 1. The van der Waals surface area contributed by atoms with E-state index in [0.717, 1.165) is 10.8 Å². The van der Waals surface area contributed by atoms with E-state index in [1.54, 1.807) is 18.2 Å². The first kappa shape index (κ1) is 17.3. The van der Waals surface area contributed by atoms with Gasteiger partial charge >= 0.3 is 11.9 Å². The molecule has 0 aromatic heterocycles. The van der Waals surface area contributed by atoms with Crippen molar-refractivity contribution >= 4 is 34.6 Å². The third-order valence-electron chi connectivity index (χ3n) is 4.30. The zero-order chi connectivity index (χ0) is 19.8. The molecule has 0 spiro atoms. The average molecular weight is 375 g/mol. The monoisotopic (exact) mass is 375 g/mol. The minimum Gasteiger partial charge on any atom is -0.504 e. The molecule has 0 radical (unpaired) electrons. The number of benzene rings is 3. The molecule has 1 aliphatic rings. The minimum absolute atomic E-state index is 0.198. The van der Waals surface area contributed by atoms with Crippen LogP contribution < -0.4 is 0 Å². The van der Waals surface area contributed by atoms with Gasteiger partial charge in [0.15, 0.2) is 11.5 Å². The molecule has 0 saturated carbocycles. The molecular weight excluding hydrogens is 362 g/mol. The summed E-state index contributed by atoms with van der Waals surface area (Å²) in [5.74, 6) is -3.39. The standard InChI is InChI=1S/C21H13NO6/c23-17-8-5-12(10-18(17)24)9-16-20(26)22(28-21(16)27)19(25)15-7-6-13-3-1-2-4-14(13)11-15/h1-11,23-24H/b16-9-. The predicted octanol–water partition coefficient (Wildman–Crippen LogP) is 2.78. The number of imide groups is 1. The highest BCUT2D eigenvalue weighted by molar-refractivity contribution is 6.27. The first-order chi connectivity index (χ1) is 13.4. The first-order valence-electron chi connectivity index (χ1n) is 8.27. The number of hydrogen-bond acceptors (Lipinski definition) is 6. The van der Waals surface area contributed by atoms with E-state index in [1.807, 2.05) is 24.3 Å². The van der Waals surface area contributed by atoms with E-state index in [4.69, 9.17) is 4.84 Å². The molecule has 2 amide bonds. The largest absolute Gasteiger partial charge is 0.504 e. The van der Waals surface area contributed by atoms with Gasteiger partial charge in [0.05, 0.1) is 0 Å². The Labute approximate surface area is 158 Å². The third-order valence-corrected chi connectivity index (χ3v) is 4.30. The highest BCUT2D eigenvalue weighted by atomic mass is 16.7. The number of hydroxylamine groups is 2. The highest BCUT2D eigenvalue weighted by Gasteiger charge is 2.41. The second-order valence-corrected chi connectivity index (χ2v) is 6.15. The smallest absolute Gasteiger partial charge is 0.369 e. The van der Waals surface area contributed by atoms with Gasteiger partial charge < -0.3 is 15.1 Å². The molecule has 4 rings (SSSR count). The lowest BCUT2D eigenvalue weighted by Crippen LogP contribution is -2.31. The molecule has 2 N–H and O–H groups in total. The predicted molar refractivity (Wildman–Crippen MR) is 99.0 cm³/mol. The Morgan fingerprint density at radius 3 is 2.39 bits per heavy atom. The summed E-state index contributed by atoms with van der Waals surface area (Å²) in [5, 5.41) is 21.0. The van der Waals surface area contributed by atoms with E-state index in [1.165, 1.54) is 24.3 Å². The van der Waals surface area contributed by atoms with Crippen LogP contribution in [0.25, 0.3) is 16.8 Å². The number of rotatable bonds is 2. The Hall–Kier alpha value is -4.13. The highest BCUT2D eigenvalue weighted by Crippen LogP contribution is 2.28. The van der Waals surface area contributed by atoms with Gasteiger partial charge in [0.25, 0.3) is 5.91 Å². The van der Waals surface area contributed by atoms with Gasteiger partial charge in [-0.25, -0.2) is 4.79 Å². The summed E-state index contributed by atoms with van der Waals surface area (Å²) in [5.41, 5.74) is 0.123. The molecule has 3 aromatic carbocycles. The molecule has 28 heavy (non-hydrogen) atoms. The van der Waals surface area contributed by atoms with E-state index < -0.39 is 23.5 Å². The Balaban J connectivity index is 1.64. The quantitative estimate of drug-likeness (QED) is 0.309. The van der Waals surface area contributed by atoms with Crippen molar-refractivity contribution < 1.29 is 29.4 Å². The van der Waals surface area contributed by atoms with Crippen molar-refractivity contribution in [2.24, 2.45) is 0 Å².